The molecule has 0 bridgehead atoms. The summed E-state index contributed by atoms with van der Waals surface area (Å²) < 4.78 is 9.20. The number of amides is 1. The fraction of sp³-hybridized carbons (Fsp3) is 0.250. The molecule has 2 N–H and O–H groups in total. The van der Waals surface area contributed by atoms with Gasteiger partial charge in [0.1, 0.15) is 12.6 Å². The number of ether oxygens (including phenoxy) is 2. The molecule has 1 amide bonds. The molecule has 1 atom stereocenters. The van der Waals surface area contributed by atoms with E-state index >= 15 is 0 Å². The normalized spacial score (nSPS) is 18.0. The number of hydrogen-bond acceptors (Lipinski definition) is 6. The molecule has 7 nitrogen and oxygen atoms in total. The van der Waals surface area contributed by atoms with Crippen molar-refractivity contribution in [3.63, 3.8) is 0 Å². The molecule has 1 aliphatic heterocycles. The molecule has 0 spiro atoms. The lowest BCUT2D eigenvalue weighted by molar-refractivity contribution is -0.152. The van der Waals surface area contributed by atoms with Gasteiger partial charge in [-0.3, -0.25) is 10.2 Å². The second-order valence-electron chi connectivity index (χ2n) is 3.88. The predicted octanol–water partition coefficient (Wildman–Crippen LogP) is 0.259. The maximum absolute atomic E-state index is 11.3. The van der Waals surface area contributed by atoms with E-state index in [-0.39, 0.29) is 13.0 Å². The number of cyclic esters (lactones) is 2. The Balaban J connectivity index is 1.70. The van der Waals surface area contributed by atoms with Gasteiger partial charge in [0.25, 0.3) is 0 Å². The van der Waals surface area contributed by atoms with Crippen LogP contribution in [0.15, 0.2) is 30.3 Å². The van der Waals surface area contributed by atoms with E-state index in [0.717, 1.165) is 5.56 Å². The van der Waals surface area contributed by atoms with E-state index in [0.29, 0.717) is 0 Å². The number of nitrogens with one attached hydrogen (secondary N) is 2. The number of rotatable bonds is 4. The smallest absolute Gasteiger partial charge is 0.421 e. The minimum Gasteiger partial charge on any atom is -0.444 e. The minimum absolute atomic E-state index is 0.113. The highest BCUT2D eigenvalue weighted by molar-refractivity contribution is 5.96. The fourth-order valence-electron chi connectivity index (χ4n) is 1.49. The highest BCUT2D eigenvalue weighted by Crippen LogP contribution is 2.06. The molecular weight excluding hydrogens is 252 g/mol. The van der Waals surface area contributed by atoms with Gasteiger partial charge in [-0.15, -0.1) is 0 Å². The van der Waals surface area contributed by atoms with E-state index in [2.05, 4.69) is 15.6 Å². The van der Waals surface area contributed by atoms with Gasteiger partial charge in [-0.1, -0.05) is 30.3 Å². The molecule has 1 fully saturated rings. The molecule has 0 radical (unpaired) electrons. The van der Waals surface area contributed by atoms with Crippen molar-refractivity contribution in [3.8, 4) is 0 Å². The Morgan fingerprint density at radius 3 is 2.68 bits per heavy atom. The summed E-state index contributed by atoms with van der Waals surface area (Å²) in [6, 6.07) is 8.27. The SMILES string of the molecule is O=C1C[C@H](NNC(=O)OCc2ccccc2)C(=O)O1. The van der Waals surface area contributed by atoms with Crippen LogP contribution < -0.4 is 10.9 Å². The van der Waals surface area contributed by atoms with Gasteiger partial charge in [-0.05, 0) is 5.56 Å². The van der Waals surface area contributed by atoms with E-state index < -0.39 is 24.1 Å². The van der Waals surface area contributed by atoms with Crippen molar-refractivity contribution >= 4 is 18.0 Å². The van der Waals surface area contributed by atoms with Gasteiger partial charge < -0.3 is 9.47 Å². The van der Waals surface area contributed by atoms with Crippen molar-refractivity contribution in [1.82, 2.24) is 10.9 Å². The molecule has 1 heterocycles. The summed E-state index contributed by atoms with van der Waals surface area (Å²) in [6.07, 6.45) is -0.853. The summed E-state index contributed by atoms with van der Waals surface area (Å²) in [5.41, 5.74) is 5.40. The lowest BCUT2D eigenvalue weighted by Crippen LogP contribution is -2.46. The van der Waals surface area contributed by atoms with Crippen LogP contribution in [-0.4, -0.2) is 24.1 Å². The summed E-state index contributed by atoms with van der Waals surface area (Å²) in [6.45, 7) is 0.113. The number of carbonyl (C=O) groups excluding carboxylic acids is 3. The van der Waals surface area contributed by atoms with Crippen molar-refractivity contribution in [3.05, 3.63) is 35.9 Å². The number of carbonyl (C=O) groups is 3. The number of benzene rings is 1. The van der Waals surface area contributed by atoms with Crippen LogP contribution in [-0.2, 0) is 25.7 Å². The van der Waals surface area contributed by atoms with Crippen molar-refractivity contribution in [1.29, 1.82) is 0 Å². The molecule has 2 rings (SSSR count). The molecule has 0 aliphatic carbocycles. The lowest BCUT2D eigenvalue weighted by atomic mass is 10.2. The summed E-state index contributed by atoms with van der Waals surface area (Å²) in [7, 11) is 0. The summed E-state index contributed by atoms with van der Waals surface area (Å²) in [5, 5.41) is 0. The summed E-state index contributed by atoms with van der Waals surface area (Å²) >= 11 is 0. The molecule has 1 saturated heterocycles. The average Bonchev–Trinajstić information content (AvgIpc) is 2.73. The zero-order valence-electron chi connectivity index (χ0n) is 9.92. The van der Waals surface area contributed by atoms with Crippen LogP contribution in [0.3, 0.4) is 0 Å². The Labute approximate surface area is 108 Å². The zero-order chi connectivity index (χ0) is 13.7. The Bertz CT molecular complexity index is 488. The standard InChI is InChI=1S/C12H12N2O5/c15-10-6-9(11(16)19-10)13-14-12(17)18-7-8-4-2-1-3-5-8/h1-5,9,13H,6-7H2,(H,14,17)/t9-/m0/s1. The van der Waals surface area contributed by atoms with Gasteiger partial charge in [0.2, 0.25) is 0 Å². The first-order chi connectivity index (χ1) is 9.15. The van der Waals surface area contributed by atoms with Gasteiger partial charge >= 0.3 is 18.0 Å². The Hall–Kier alpha value is -2.41. The first-order valence-electron chi connectivity index (χ1n) is 5.62. The van der Waals surface area contributed by atoms with Gasteiger partial charge in [-0.25, -0.2) is 15.0 Å². The molecule has 7 heteroatoms. The molecule has 1 aromatic carbocycles. The number of esters is 2. The molecular formula is C12H12N2O5. The largest absolute Gasteiger partial charge is 0.444 e. The number of hydrogen-bond donors (Lipinski definition) is 2. The summed E-state index contributed by atoms with van der Waals surface area (Å²) in [4.78, 5) is 33.2. The third-order valence-corrected chi connectivity index (χ3v) is 2.43. The molecule has 0 aromatic heterocycles. The highest BCUT2D eigenvalue weighted by atomic mass is 16.6. The maximum atomic E-state index is 11.3. The first-order valence-corrected chi connectivity index (χ1v) is 5.62. The molecule has 100 valence electrons. The van der Waals surface area contributed by atoms with Crippen molar-refractivity contribution < 1.29 is 23.9 Å². The fourth-order valence-corrected chi connectivity index (χ4v) is 1.49. The van der Waals surface area contributed by atoms with E-state index in [4.69, 9.17) is 4.74 Å². The van der Waals surface area contributed by atoms with Crippen LogP contribution in [0, 0.1) is 0 Å². The third-order valence-electron chi connectivity index (χ3n) is 2.43. The molecule has 0 saturated carbocycles. The molecule has 0 unspecified atom stereocenters. The quantitative estimate of drug-likeness (QED) is 0.460. The second-order valence-corrected chi connectivity index (χ2v) is 3.88. The monoisotopic (exact) mass is 264 g/mol. The summed E-state index contributed by atoms with van der Waals surface area (Å²) in [5.74, 6) is -1.34. The second kappa shape index (κ2) is 5.96. The van der Waals surface area contributed by atoms with Crippen LogP contribution in [0.2, 0.25) is 0 Å². The van der Waals surface area contributed by atoms with E-state index in [1.165, 1.54) is 0 Å². The minimum atomic E-state index is -0.864. The maximum Gasteiger partial charge on any atom is 0.421 e. The van der Waals surface area contributed by atoms with Crippen LogP contribution in [0.4, 0.5) is 4.79 Å². The Morgan fingerprint density at radius 1 is 1.32 bits per heavy atom. The van der Waals surface area contributed by atoms with Crippen molar-refractivity contribution in [2.24, 2.45) is 0 Å². The molecule has 19 heavy (non-hydrogen) atoms. The van der Waals surface area contributed by atoms with Crippen LogP contribution in [0.5, 0.6) is 0 Å². The van der Waals surface area contributed by atoms with Gasteiger partial charge in [0.15, 0.2) is 0 Å². The number of hydrazine groups is 1. The molecule has 1 aromatic rings. The first kappa shape index (κ1) is 13.0. The third kappa shape index (κ3) is 3.78. The van der Waals surface area contributed by atoms with E-state index in [1.807, 2.05) is 30.3 Å². The van der Waals surface area contributed by atoms with Gasteiger partial charge in [0.05, 0.1) is 6.42 Å². The lowest BCUT2D eigenvalue weighted by Gasteiger charge is -2.10. The predicted molar refractivity (Wildman–Crippen MR) is 62.4 cm³/mol. The van der Waals surface area contributed by atoms with Gasteiger partial charge in [0, 0.05) is 0 Å². The van der Waals surface area contributed by atoms with Crippen molar-refractivity contribution in [2.75, 3.05) is 0 Å². The topological polar surface area (TPSA) is 93.7 Å². The van der Waals surface area contributed by atoms with E-state index in [9.17, 15) is 14.4 Å². The van der Waals surface area contributed by atoms with Gasteiger partial charge in [-0.2, -0.15) is 0 Å². The Morgan fingerprint density at radius 2 is 2.05 bits per heavy atom. The van der Waals surface area contributed by atoms with Crippen LogP contribution in [0.1, 0.15) is 12.0 Å². The van der Waals surface area contributed by atoms with E-state index in [1.54, 1.807) is 0 Å². The molecule has 1 aliphatic rings. The van der Waals surface area contributed by atoms with Crippen LogP contribution >= 0.6 is 0 Å². The average molecular weight is 264 g/mol. The highest BCUT2D eigenvalue weighted by Gasteiger charge is 2.33. The van der Waals surface area contributed by atoms with Crippen LogP contribution in [0.25, 0.3) is 0 Å². The zero-order valence-corrected chi connectivity index (χ0v) is 9.92. The van der Waals surface area contributed by atoms with Crippen molar-refractivity contribution in [2.45, 2.75) is 19.1 Å². The Kier molecular flexibility index (Phi) is 4.09.